The van der Waals surface area contributed by atoms with Crippen LogP contribution in [0.3, 0.4) is 0 Å². The van der Waals surface area contributed by atoms with Crippen molar-refractivity contribution in [2.45, 2.75) is 0 Å². The van der Waals surface area contributed by atoms with Gasteiger partial charge in [-0.25, -0.2) is 4.79 Å². The number of hydrogen-bond donors (Lipinski definition) is 0. The molecule has 6 nitrogen and oxygen atoms in total. The molecule has 4 rings (SSSR count). The molecule has 1 aliphatic heterocycles. The van der Waals surface area contributed by atoms with Gasteiger partial charge in [0.05, 0.1) is 22.2 Å². The first-order chi connectivity index (χ1) is 11.2. The predicted octanol–water partition coefficient (Wildman–Crippen LogP) is 2.31. The number of amides is 2. The predicted molar refractivity (Wildman–Crippen MR) is 79.8 cm³/mol. The number of hydrogen-bond acceptors (Lipinski definition) is 4. The molecule has 0 bridgehead atoms. The fourth-order valence-electron chi connectivity index (χ4n) is 2.61. The van der Waals surface area contributed by atoms with Crippen LogP contribution in [-0.2, 0) is 4.84 Å². The van der Waals surface area contributed by atoms with Crippen LogP contribution in [0, 0.1) is 0 Å². The Bertz CT molecular complexity index is 938. The van der Waals surface area contributed by atoms with Gasteiger partial charge in [-0.2, -0.15) is 0 Å². The Morgan fingerprint density at radius 3 is 2.17 bits per heavy atom. The molecule has 2 amide bonds. The highest BCUT2D eigenvalue weighted by atomic mass is 16.7. The molecule has 0 aliphatic carbocycles. The topological polar surface area (TPSA) is 68.1 Å². The molecule has 0 unspecified atom stereocenters. The summed E-state index contributed by atoms with van der Waals surface area (Å²) in [4.78, 5) is 41.8. The minimum atomic E-state index is -0.756. The second-order valence-electron chi connectivity index (χ2n) is 5.05. The van der Waals surface area contributed by atoms with Crippen molar-refractivity contribution < 1.29 is 19.2 Å². The Labute approximate surface area is 130 Å². The summed E-state index contributed by atoms with van der Waals surface area (Å²) in [6.45, 7) is 0. The number of carbonyl (C=O) groups is 3. The average molecular weight is 306 g/mol. The summed E-state index contributed by atoms with van der Waals surface area (Å²) < 4.78 is 1.75. The number of nitrogens with zero attached hydrogens (tertiary/aromatic N) is 2. The van der Waals surface area contributed by atoms with Crippen LogP contribution in [0.2, 0.25) is 0 Å². The average Bonchev–Trinajstić information content (AvgIpc) is 3.11. The molecule has 0 saturated heterocycles. The zero-order valence-electron chi connectivity index (χ0n) is 11.8. The minimum absolute atomic E-state index is 0.229. The highest BCUT2D eigenvalue weighted by Crippen LogP contribution is 2.24. The maximum absolute atomic E-state index is 12.3. The summed E-state index contributed by atoms with van der Waals surface area (Å²) in [5.74, 6) is -2.03. The monoisotopic (exact) mass is 306 g/mol. The van der Waals surface area contributed by atoms with E-state index in [4.69, 9.17) is 4.84 Å². The zero-order valence-corrected chi connectivity index (χ0v) is 11.8. The van der Waals surface area contributed by atoms with E-state index in [0.29, 0.717) is 10.6 Å². The first-order valence-electron chi connectivity index (χ1n) is 6.92. The molecule has 1 aromatic carbocycles. The zero-order chi connectivity index (χ0) is 16.0. The number of fused-ring (bicyclic) bond motifs is 2. The maximum Gasteiger partial charge on any atom is 0.366 e. The molecule has 2 aromatic heterocycles. The molecule has 3 aromatic rings. The van der Waals surface area contributed by atoms with Gasteiger partial charge in [0.25, 0.3) is 11.8 Å². The van der Waals surface area contributed by atoms with Gasteiger partial charge >= 0.3 is 5.97 Å². The summed E-state index contributed by atoms with van der Waals surface area (Å²) in [5, 5.41) is 0.513. The Kier molecular flexibility index (Phi) is 2.77. The van der Waals surface area contributed by atoms with E-state index in [-0.39, 0.29) is 16.7 Å². The second-order valence-corrected chi connectivity index (χ2v) is 5.05. The highest BCUT2D eigenvalue weighted by Gasteiger charge is 2.39. The summed E-state index contributed by atoms with van der Waals surface area (Å²) in [6.07, 6.45) is 3.49. The first kappa shape index (κ1) is 13.3. The Morgan fingerprint density at radius 2 is 1.48 bits per heavy atom. The SMILES string of the molecule is O=C(ON1C(=O)c2ccccc2C1=O)c1ccn2ccccc12. The smallest absolute Gasteiger partial charge is 0.324 e. The van der Waals surface area contributed by atoms with Crippen molar-refractivity contribution in [1.29, 1.82) is 0 Å². The van der Waals surface area contributed by atoms with E-state index in [1.807, 2.05) is 6.07 Å². The van der Waals surface area contributed by atoms with E-state index in [1.54, 1.807) is 47.1 Å². The van der Waals surface area contributed by atoms with Crippen molar-refractivity contribution >= 4 is 23.3 Å². The minimum Gasteiger partial charge on any atom is -0.324 e. The molecule has 6 heteroatoms. The third-order valence-corrected chi connectivity index (χ3v) is 3.72. The number of benzene rings is 1. The van der Waals surface area contributed by atoms with E-state index in [1.165, 1.54) is 12.1 Å². The molecule has 112 valence electrons. The number of pyridine rings is 1. The molecule has 0 radical (unpaired) electrons. The largest absolute Gasteiger partial charge is 0.366 e. The van der Waals surface area contributed by atoms with Crippen molar-refractivity contribution in [1.82, 2.24) is 9.46 Å². The van der Waals surface area contributed by atoms with Crippen molar-refractivity contribution in [3.8, 4) is 0 Å². The van der Waals surface area contributed by atoms with Crippen LogP contribution in [0.5, 0.6) is 0 Å². The molecular formula is C17H10N2O4. The van der Waals surface area contributed by atoms with E-state index in [0.717, 1.165) is 0 Å². The van der Waals surface area contributed by atoms with Gasteiger partial charge in [-0.15, -0.1) is 0 Å². The molecule has 0 saturated carbocycles. The van der Waals surface area contributed by atoms with Crippen molar-refractivity contribution in [2.24, 2.45) is 0 Å². The van der Waals surface area contributed by atoms with Gasteiger partial charge in [0.15, 0.2) is 0 Å². The van der Waals surface area contributed by atoms with Gasteiger partial charge in [-0.3, -0.25) is 9.59 Å². The Balaban J connectivity index is 1.65. The van der Waals surface area contributed by atoms with Crippen molar-refractivity contribution in [2.75, 3.05) is 0 Å². The number of imide groups is 1. The summed E-state index contributed by atoms with van der Waals surface area (Å²) in [6, 6.07) is 13.3. The Morgan fingerprint density at radius 1 is 0.826 bits per heavy atom. The van der Waals surface area contributed by atoms with Gasteiger partial charge in [0.1, 0.15) is 0 Å². The van der Waals surface area contributed by atoms with Gasteiger partial charge in [-0.1, -0.05) is 23.3 Å². The molecule has 1 aliphatic rings. The Hall–Kier alpha value is -3.41. The summed E-state index contributed by atoms with van der Waals surface area (Å²) in [5.41, 5.74) is 1.37. The fraction of sp³-hybridized carbons (Fsp3) is 0. The van der Waals surface area contributed by atoms with Gasteiger partial charge < -0.3 is 9.24 Å². The molecular weight excluding hydrogens is 296 g/mol. The lowest BCUT2D eigenvalue weighted by molar-refractivity contribution is -0.0583. The third-order valence-electron chi connectivity index (χ3n) is 3.72. The summed E-state index contributed by atoms with van der Waals surface area (Å²) in [7, 11) is 0. The lowest BCUT2D eigenvalue weighted by Gasteiger charge is -2.12. The standard InChI is InChI=1S/C17H10N2O4/c20-15-11-5-1-2-6-12(11)16(21)19(15)23-17(22)13-8-10-18-9-4-3-7-14(13)18/h1-10H. The quantitative estimate of drug-likeness (QED) is 0.681. The lowest BCUT2D eigenvalue weighted by Crippen LogP contribution is -2.32. The molecule has 0 N–H and O–H groups in total. The fourth-order valence-corrected chi connectivity index (χ4v) is 2.61. The van der Waals surface area contributed by atoms with Crippen LogP contribution in [0.25, 0.3) is 5.52 Å². The lowest BCUT2D eigenvalue weighted by atomic mass is 10.1. The van der Waals surface area contributed by atoms with E-state index >= 15 is 0 Å². The van der Waals surface area contributed by atoms with E-state index in [9.17, 15) is 14.4 Å². The van der Waals surface area contributed by atoms with Crippen LogP contribution in [0.1, 0.15) is 31.1 Å². The molecule has 23 heavy (non-hydrogen) atoms. The molecule has 0 spiro atoms. The number of aromatic nitrogens is 1. The summed E-state index contributed by atoms with van der Waals surface area (Å²) >= 11 is 0. The van der Waals surface area contributed by atoms with Gasteiger partial charge in [0.2, 0.25) is 0 Å². The molecule has 3 heterocycles. The van der Waals surface area contributed by atoms with E-state index in [2.05, 4.69) is 0 Å². The van der Waals surface area contributed by atoms with Crippen molar-refractivity contribution in [3.63, 3.8) is 0 Å². The second kappa shape index (κ2) is 4.81. The number of carbonyl (C=O) groups excluding carboxylic acids is 3. The molecule has 0 atom stereocenters. The van der Waals surface area contributed by atoms with Gasteiger partial charge in [0, 0.05) is 12.4 Å². The van der Waals surface area contributed by atoms with Crippen LogP contribution in [0.15, 0.2) is 60.9 Å². The number of rotatable bonds is 2. The third kappa shape index (κ3) is 1.92. The highest BCUT2D eigenvalue weighted by molar-refractivity contribution is 6.21. The van der Waals surface area contributed by atoms with Crippen LogP contribution in [0.4, 0.5) is 0 Å². The van der Waals surface area contributed by atoms with Crippen LogP contribution < -0.4 is 0 Å². The van der Waals surface area contributed by atoms with Crippen molar-refractivity contribution in [3.05, 3.63) is 77.6 Å². The van der Waals surface area contributed by atoms with Crippen LogP contribution in [-0.4, -0.2) is 27.2 Å². The molecule has 0 fully saturated rings. The number of hydroxylamine groups is 2. The van der Waals surface area contributed by atoms with Gasteiger partial charge in [-0.05, 0) is 30.3 Å². The van der Waals surface area contributed by atoms with Crippen LogP contribution >= 0.6 is 0 Å². The first-order valence-corrected chi connectivity index (χ1v) is 6.92. The van der Waals surface area contributed by atoms with E-state index < -0.39 is 17.8 Å². The maximum atomic E-state index is 12.3. The normalized spacial score (nSPS) is 13.5.